The molecule has 2 heterocycles. The Balaban J connectivity index is 1.86. The largest absolute Gasteiger partial charge is 0.468 e. The smallest absolute Gasteiger partial charge is 0.243 e. The van der Waals surface area contributed by atoms with Crippen molar-refractivity contribution < 1.29 is 17.6 Å². The summed E-state index contributed by atoms with van der Waals surface area (Å²) in [6, 6.07) is 8.35. The summed E-state index contributed by atoms with van der Waals surface area (Å²) in [4.78, 5) is 13.8. The zero-order valence-corrected chi connectivity index (χ0v) is 14.5. The predicted molar refractivity (Wildman–Crippen MR) is 90.1 cm³/mol. The van der Waals surface area contributed by atoms with E-state index in [2.05, 4.69) is 0 Å². The molecule has 0 unspecified atom stereocenters. The van der Waals surface area contributed by atoms with E-state index in [0.29, 0.717) is 18.7 Å². The van der Waals surface area contributed by atoms with Gasteiger partial charge in [0.25, 0.3) is 0 Å². The molecule has 6 nitrogen and oxygen atoms in total. The molecule has 0 N–H and O–H groups in total. The molecular formula is C17H20N2O4S. The van der Waals surface area contributed by atoms with Gasteiger partial charge in [0.15, 0.2) is 0 Å². The highest BCUT2D eigenvalue weighted by Crippen LogP contribution is 2.28. The van der Waals surface area contributed by atoms with E-state index in [1.165, 1.54) is 17.6 Å². The second-order valence-corrected chi connectivity index (χ2v) is 7.98. The maximum atomic E-state index is 12.7. The number of nitrogens with zero attached hydrogens (tertiary/aromatic N) is 2. The van der Waals surface area contributed by atoms with Gasteiger partial charge in [-0.05, 0) is 49.2 Å². The Kier molecular flexibility index (Phi) is 4.47. The molecule has 1 saturated heterocycles. The van der Waals surface area contributed by atoms with Crippen molar-refractivity contribution in [1.29, 1.82) is 0 Å². The first-order chi connectivity index (χ1) is 11.4. The maximum Gasteiger partial charge on any atom is 0.243 e. The molecule has 1 aliphatic rings. The number of anilines is 1. The normalized spacial score (nSPS) is 15.5. The van der Waals surface area contributed by atoms with E-state index < -0.39 is 10.0 Å². The van der Waals surface area contributed by atoms with Crippen LogP contribution < -0.4 is 4.90 Å². The highest BCUT2D eigenvalue weighted by atomic mass is 32.2. The Morgan fingerprint density at radius 2 is 2.08 bits per heavy atom. The molecule has 1 fully saturated rings. The fourth-order valence-corrected chi connectivity index (χ4v) is 4.10. The summed E-state index contributed by atoms with van der Waals surface area (Å²) in [7, 11) is -2.10. The Hall–Kier alpha value is -2.12. The summed E-state index contributed by atoms with van der Waals surface area (Å²) < 4.78 is 31.9. The minimum Gasteiger partial charge on any atom is -0.468 e. The van der Waals surface area contributed by atoms with E-state index in [9.17, 15) is 13.2 Å². The van der Waals surface area contributed by atoms with Crippen LogP contribution in [-0.2, 0) is 21.4 Å². The van der Waals surface area contributed by atoms with Crippen LogP contribution in [0.25, 0.3) is 0 Å². The van der Waals surface area contributed by atoms with Crippen molar-refractivity contribution in [2.24, 2.45) is 0 Å². The van der Waals surface area contributed by atoms with Crippen LogP contribution >= 0.6 is 0 Å². The Labute approximate surface area is 141 Å². The van der Waals surface area contributed by atoms with Gasteiger partial charge in [-0.1, -0.05) is 0 Å². The van der Waals surface area contributed by atoms with E-state index in [-0.39, 0.29) is 17.3 Å². The van der Waals surface area contributed by atoms with Crippen LogP contribution in [0.1, 0.15) is 24.2 Å². The number of benzene rings is 1. The summed E-state index contributed by atoms with van der Waals surface area (Å²) in [5.74, 6) is 0.667. The van der Waals surface area contributed by atoms with Gasteiger partial charge in [0.05, 0.1) is 17.7 Å². The number of amides is 1. The molecule has 2 aromatic rings. The van der Waals surface area contributed by atoms with Gasteiger partial charge in [0.1, 0.15) is 5.76 Å². The number of aryl methyl sites for hydroxylation is 1. The van der Waals surface area contributed by atoms with Crippen molar-refractivity contribution in [3.63, 3.8) is 0 Å². The molecule has 7 heteroatoms. The summed E-state index contributed by atoms with van der Waals surface area (Å²) >= 11 is 0. The first-order valence-corrected chi connectivity index (χ1v) is 9.23. The van der Waals surface area contributed by atoms with Crippen LogP contribution in [0.3, 0.4) is 0 Å². The molecule has 0 aliphatic carbocycles. The maximum absolute atomic E-state index is 12.7. The average molecular weight is 348 g/mol. The quantitative estimate of drug-likeness (QED) is 0.832. The zero-order chi connectivity index (χ0) is 17.3. The Morgan fingerprint density at radius 1 is 1.29 bits per heavy atom. The van der Waals surface area contributed by atoms with E-state index >= 15 is 0 Å². The lowest BCUT2D eigenvalue weighted by molar-refractivity contribution is -0.117. The van der Waals surface area contributed by atoms with Crippen molar-refractivity contribution in [3.05, 3.63) is 47.9 Å². The summed E-state index contributed by atoms with van der Waals surface area (Å²) in [6.45, 7) is 2.68. The van der Waals surface area contributed by atoms with Crippen molar-refractivity contribution in [2.75, 3.05) is 18.5 Å². The lowest BCUT2D eigenvalue weighted by atomic mass is 10.2. The molecule has 0 saturated carbocycles. The van der Waals surface area contributed by atoms with Crippen molar-refractivity contribution in [1.82, 2.24) is 4.31 Å². The number of furan rings is 1. The molecular weight excluding hydrogens is 328 g/mol. The summed E-state index contributed by atoms with van der Waals surface area (Å²) in [5, 5.41) is 0. The fraction of sp³-hybridized carbons (Fsp3) is 0.353. The van der Waals surface area contributed by atoms with E-state index in [0.717, 1.165) is 17.7 Å². The van der Waals surface area contributed by atoms with Crippen LogP contribution in [0.4, 0.5) is 5.69 Å². The van der Waals surface area contributed by atoms with Crippen LogP contribution in [0.2, 0.25) is 0 Å². The Bertz CT molecular complexity index is 843. The minimum absolute atomic E-state index is 0.0867. The van der Waals surface area contributed by atoms with Crippen molar-refractivity contribution in [3.8, 4) is 0 Å². The van der Waals surface area contributed by atoms with Gasteiger partial charge < -0.3 is 9.32 Å². The third kappa shape index (κ3) is 3.09. The number of carbonyl (C=O) groups is 1. The van der Waals surface area contributed by atoms with Gasteiger partial charge in [-0.2, -0.15) is 4.31 Å². The second kappa shape index (κ2) is 6.41. The van der Waals surface area contributed by atoms with Gasteiger partial charge in [-0.15, -0.1) is 0 Å². The lowest BCUT2D eigenvalue weighted by Crippen LogP contribution is -2.27. The SMILES string of the molecule is Cc1cc(S(=O)(=O)N(C)Cc2ccco2)ccc1N1CCCC1=O. The molecule has 0 atom stereocenters. The van der Waals surface area contributed by atoms with Gasteiger partial charge in [-0.25, -0.2) is 8.42 Å². The third-order valence-corrected chi connectivity index (χ3v) is 6.00. The minimum atomic E-state index is -3.62. The number of hydrogen-bond acceptors (Lipinski definition) is 4. The molecule has 3 rings (SSSR count). The predicted octanol–water partition coefficient (Wildman–Crippen LogP) is 2.54. The lowest BCUT2D eigenvalue weighted by Gasteiger charge is -2.20. The van der Waals surface area contributed by atoms with Crippen LogP contribution in [0.15, 0.2) is 45.9 Å². The topological polar surface area (TPSA) is 70.8 Å². The molecule has 1 amide bonds. The molecule has 128 valence electrons. The number of sulfonamides is 1. The van der Waals surface area contributed by atoms with Gasteiger partial charge >= 0.3 is 0 Å². The molecule has 0 radical (unpaired) electrons. The first kappa shape index (κ1) is 16.7. The highest BCUT2D eigenvalue weighted by molar-refractivity contribution is 7.89. The second-order valence-electron chi connectivity index (χ2n) is 5.94. The Morgan fingerprint density at radius 3 is 2.67 bits per heavy atom. The van der Waals surface area contributed by atoms with Crippen molar-refractivity contribution in [2.45, 2.75) is 31.2 Å². The molecule has 1 aliphatic heterocycles. The van der Waals surface area contributed by atoms with E-state index in [1.807, 2.05) is 6.92 Å². The monoisotopic (exact) mass is 348 g/mol. The summed E-state index contributed by atoms with van der Waals surface area (Å²) in [5.41, 5.74) is 1.56. The van der Waals surface area contributed by atoms with Gasteiger partial charge in [0.2, 0.25) is 15.9 Å². The van der Waals surface area contributed by atoms with E-state index in [1.54, 1.807) is 35.2 Å². The zero-order valence-electron chi connectivity index (χ0n) is 13.7. The fourth-order valence-electron chi connectivity index (χ4n) is 2.88. The number of carbonyl (C=O) groups excluding carboxylic acids is 1. The van der Waals surface area contributed by atoms with E-state index in [4.69, 9.17) is 4.42 Å². The van der Waals surface area contributed by atoms with Gasteiger partial charge in [0, 0.05) is 25.7 Å². The molecule has 1 aromatic carbocycles. The highest BCUT2D eigenvalue weighted by Gasteiger charge is 2.26. The molecule has 0 bridgehead atoms. The summed E-state index contributed by atoms with van der Waals surface area (Å²) in [6.07, 6.45) is 2.90. The van der Waals surface area contributed by atoms with Crippen LogP contribution in [0.5, 0.6) is 0 Å². The molecule has 24 heavy (non-hydrogen) atoms. The van der Waals surface area contributed by atoms with Gasteiger partial charge in [-0.3, -0.25) is 4.79 Å². The van der Waals surface area contributed by atoms with Crippen LogP contribution in [-0.4, -0.2) is 32.2 Å². The first-order valence-electron chi connectivity index (χ1n) is 7.79. The number of rotatable bonds is 5. The van der Waals surface area contributed by atoms with Crippen molar-refractivity contribution >= 4 is 21.6 Å². The van der Waals surface area contributed by atoms with Crippen LogP contribution in [0, 0.1) is 6.92 Å². The number of hydrogen-bond donors (Lipinski definition) is 0. The molecule has 0 spiro atoms. The third-order valence-electron chi connectivity index (χ3n) is 4.20. The average Bonchev–Trinajstić information content (AvgIpc) is 3.19. The standard InChI is InChI=1S/C17H20N2O4S/c1-13-11-15(7-8-16(13)19-9-3-6-17(19)20)24(21,22)18(2)12-14-5-4-10-23-14/h4-5,7-8,10-11H,3,6,9,12H2,1-2H3. The molecule has 1 aromatic heterocycles.